The molecule has 1 fully saturated rings. The molecule has 1 heterocycles. The molecule has 1 aliphatic rings. The average Bonchev–Trinajstić information content (AvgIpc) is 2.95. The van der Waals surface area contributed by atoms with E-state index in [1.54, 1.807) is 31.1 Å². The summed E-state index contributed by atoms with van der Waals surface area (Å²) in [6.07, 6.45) is 0.141. The third-order valence-electron chi connectivity index (χ3n) is 4.47. The van der Waals surface area contributed by atoms with Crippen molar-refractivity contribution in [3.8, 4) is 5.75 Å². The van der Waals surface area contributed by atoms with Crippen LogP contribution in [-0.4, -0.2) is 34.0 Å². The minimum atomic E-state index is -3.71. The van der Waals surface area contributed by atoms with Gasteiger partial charge in [-0.1, -0.05) is 17.7 Å². The van der Waals surface area contributed by atoms with Gasteiger partial charge >= 0.3 is 0 Å². The summed E-state index contributed by atoms with van der Waals surface area (Å²) in [5, 5.41) is 0. The number of carbonyl (C=O) groups is 1. The number of amides is 1. The second kappa shape index (κ2) is 7.09. The predicted octanol–water partition coefficient (Wildman–Crippen LogP) is 2.40. The highest BCUT2D eigenvalue weighted by atomic mass is 32.2. The molecule has 0 radical (unpaired) electrons. The number of benzene rings is 2. The van der Waals surface area contributed by atoms with Gasteiger partial charge in [0.2, 0.25) is 15.9 Å². The molecule has 0 aliphatic carbocycles. The van der Waals surface area contributed by atoms with Crippen LogP contribution >= 0.6 is 0 Å². The third kappa shape index (κ3) is 3.73. The van der Waals surface area contributed by atoms with Gasteiger partial charge in [0.1, 0.15) is 5.75 Å². The van der Waals surface area contributed by atoms with E-state index in [0.717, 1.165) is 16.8 Å². The normalized spacial score (nSPS) is 17.6. The van der Waals surface area contributed by atoms with Crippen LogP contribution in [0.5, 0.6) is 5.75 Å². The van der Waals surface area contributed by atoms with Crippen molar-refractivity contribution in [3.05, 3.63) is 53.6 Å². The molecule has 2 aromatic carbocycles. The molecular weight excluding hydrogens is 352 g/mol. The van der Waals surface area contributed by atoms with Crippen molar-refractivity contribution in [2.24, 2.45) is 0 Å². The number of ether oxygens (including phenoxy) is 1. The maximum Gasteiger partial charge on any atom is 0.240 e. The molecular formula is C19H22N2O4S. The van der Waals surface area contributed by atoms with E-state index in [4.69, 9.17) is 4.74 Å². The lowest BCUT2D eigenvalue weighted by atomic mass is 10.2. The molecule has 0 saturated carbocycles. The van der Waals surface area contributed by atoms with E-state index in [9.17, 15) is 13.2 Å². The number of nitrogens with zero attached hydrogens (tertiary/aromatic N) is 1. The van der Waals surface area contributed by atoms with Gasteiger partial charge in [0, 0.05) is 24.7 Å². The highest BCUT2D eigenvalue weighted by Gasteiger charge is 2.33. The second-order valence-corrected chi connectivity index (χ2v) is 8.21. The number of hydrogen-bond donors (Lipinski definition) is 1. The molecule has 26 heavy (non-hydrogen) atoms. The van der Waals surface area contributed by atoms with Crippen LogP contribution in [-0.2, 0) is 14.8 Å². The zero-order chi connectivity index (χ0) is 18.9. The quantitative estimate of drug-likeness (QED) is 0.872. The highest BCUT2D eigenvalue weighted by Crippen LogP contribution is 2.25. The maximum atomic E-state index is 12.7. The fourth-order valence-corrected chi connectivity index (χ4v) is 4.38. The summed E-state index contributed by atoms with van der Waals surface area (Å²) in [5.74, 6) is 0.540. The summed E-state index contributed by atoms with van der Waals surface area (Å²) in [7, 11) is -2.17. The first-order valence-corrected chi connectivity index (χ1v) is 9.82. The van der Waals surface area contributed by atoms with Gasteiger partial charge in [0.05, 0.1) is 12.0 Å². The van der Waals surface area contributed by atoms with Crippen LogP contribution < -0.4 is 14.4 Å². The summed E-state index contributed by atoms with van der Waals surface area (Å²) in [6.45, 7) is 4.08. The van der Waals surface area contributed by atoms with E-state index in [2.05, 4.69) is 4.72 Å². The lowest BCUT2D eigenvalue weighted by Crippen LogP contribution is -2.37. The second-order valence-electron chi connectivity index (χ2n) is 6.49. The van der Waals surface area contributed by atoms with Crippen LogP contribution in [0.4, 0.5) is 5.69 Å². The number of aryl methyl sites for hydroxylation is 2. The standard InChI is InChI=1S/C19H22N2O4S/c1-13-4-6-16(7-5-13)21-12-15(11-19(21)22)20-26(23,24)17-8-9-18(25-3)14(2)10-17/h4-10,15,20H,11-12H2,1-3H3/t15-/m1/s1. The van der Waals surface area contributed by atoms with E-state index in [1.165, 1.54) is 6.07 Å². The lowest BCUT2D eigenvalue weighted by Gasteiger charge is -2.17. The molecule has 2 aromatic rings. The first kappa shape index (κ1) is 18.4. The van der Waals surface area contributed by atoms with Gasteiger partial charge in [-0.05, 0) is 49.7 Å². The van der Waals surface area contributed by atoms with Crippen molar-refractivity contribution in [1.29, 1.82) is 0 Å². The summed E-state index contributed by atoms with van der Waals surface area (Å²) >= 11 is 0. The molecule has 1 N–H and O–H groups in total. The molecule has 1 saturated heterocycles. The number of hydrogen-bond acceptors (Lipinski definition) is 4. The first-order valence-electron chi connectivity index (χ1n) is 8.34. The number of anilines is 1. The van der Waals surface area contributed by atoms with Gasteiger partial charge in [-0.25, -0.2) is 13.1 Å². The Morgan fingerprint density at radius 1 is 1.12 bits per heavy atom. The molecule has 0 aromatic heterocycles. The largest absolute Gasteiger partial charge is 0.496 e. The van der Waals surface area contributed by atoms with Gasteiger partial charge in [0.15, 0.2) is 0 Å². The molecule has 7 heteroatoms. The maximum absolute atomic E-state index is 12.7. The number of methoxy groups -OCH3 is 1. The fraction of sp³-hybridized carbons (Fsp3) is 0.316. The van der Waals surface area contributed by atoms with Gasteiger partial charge in [-0.3, -0.25) is 4.79 Å². The van der Waals surface area contributed by atoms with E-state index in [0.29, 0.717) is 12.3 Å². The van der Waals surface area contributed by atoms with Gasteiger partial charge in [-0.2, -0.15) is 0 Å². The molecule has 6 nitrogen and oxygen atoms in total. The van der Waals surface area contributed by atoms with Gasteiger partial charge in [-0.15, -0.1) is 0 Å². The van der Waals surface area contributed by atoms with Crippen molar-refractivity contribution in [3.63, 3.8) is 0 Å². The molecule has 0 spiro atoms. The smallest absolute Gasteiger partial charge is 0.240 e. The van der Waals surface area contributed by atoms with E-state index in [1.807, 2.05) is 31.2 Å². The Balaban J connectivity index is 1.75. The SMILES string of the molecule is COc1ccc(S(=O)(=O)N[C@@H]2CC(=O)N(c3ccc(C)cc3)C2)cc1C. The Kier molecular flexibility index (Phi) is 5.02. The summed E-state index contributed by atoms with van der Waals surface area (Å²) < 4.78 is 33.1. The van der Waals surface area contributed by atoms with Crippen LogP contribution in [0.2, 0.25) is 0 Å². The molecule has 1 aliphatic heterocycles. The Morgan fingerprint density at radius 2 is 1.81 bits per heavy atom. The summed E-state index contributed by atoms with van der Waals surface area (Å²) in [6, 6.07) is 11.8. The van der Waals surface area contributed by atoms with Crippen LogP contribution in [0.25, 0.3) is 0 Å². The number of sulfonamides is 1. The summed E-state index contributed by atoms with van der Waals surface area (Å²) in [5.41, 5.74) is 2.62. The number of rotatable bonds is 5. The van der Waals surface area contributed by atoms with E-state index < -0.39 is 16.1 Å². The van der Waals surface area contributed by atoms with Crippen LogP contribution in [0.1, 0.15) is 17.5 Å². The van der Waals surface area contributed by atoms with Crippen molar-refractivity contribution in [2.75, 3.05) is 18.6 Å². The molecule has 138 valence electrons. The first-order chi connectivity index (χ1) is 12.3. The van der Waals surface area contributed by atoms with Crippen LogP contribution in [0.3, 0.4) is 0 Å². The van der Waals surface area contributed by atoms with Crippen molar-refractivity contribution < 1.29 is 17.9 Å². The topological polar surface area (TPSA) is 75.7 Å². The Morgan fingerprint density at radius 3 is 2.42 bits per heavy atom. The lowest BCUT2D eigenvalue weighted by molar-refractivity contribution is -0.117. The van der Waals surface area contributed by atoms with Crippen molar-refractivity contribution >= 4 is 21.6 Å². The molecule has 0 bridgehead atoms. The van der Waals surface area contributed by atoms with E-state index >= 15 is 0 Å². The monoisotopic (exact) mass is 374 g/mol. The fourth-order valence-electron chi connectivity index (χ4n) is 3.07. The molecule has 0 unspecified atom stereocenters. The molecule has 3 rings (SSSR count). The van der Waals surface area contributed by atoms with Crippen molar-refractivity contribution in [1.82, 2.24) is 4.72 Å². The summed E-state index contributed by atoms with van der Waals surface area (Å²) in [4.78, 5) is 14.1. The molecule has 1 amide bonds. The Bertz CT molecular complexity index is 923. The van der Waals surface area contributed by atoms with Gasteiger partial charge in [0.25, 0.3) is 0 Å². The highest BCUT2D eigenvalue weighted by molar-refractivity contribution is 7.89. The van der Waals surface area contributed by atoms with E-state index in [-0.39, 0.29) is 17.2 Å². The zero-order valence-electron chi connectivity index (χ0n) is 15.0. The number of nitrogens with one attached hydrogen (secondary N) is 1. The molecule has 1 atom stereocenters. The van der Waals surface area contributed by atoms with Crippen molar-refractivity contribution in [2.45, 2.75) is 31.2 Å². The van der Waals surface area contributed by atoms with Crippen LogP contribution in [0, 0.1) is 13.8 Å². The average molecular weight is 374 g/mol. The minimum absolute atomic E-state index is 0.0903. The Hall–Kier alpha value is -2.38. The zero-order valence-corrected chi connectivity index (χ0v) is 15.8. The third-order valence-corrected chi connectivity index (χ3v) is 5.99. The number of carbonyl (C=O) groups excluding carboxylic acids is 1. The van der Waals surface area contributed by atoms with Gasteiger partial charge < -0.3 is 9.64 Å². The predicted molar refractivity (Wildman–Crippen MR) is 100.0 cm³/mol. The Labute approximate surface area is 153 Å². The van der Waals surface area contributed by atoms with Crippen LogP contribution in [0.15, 0.2) is 47.4 Å². The minimum Gasteiger partial charge on any atom is -0.496 e.